The third-order valence-corrected chi connectivity index (χ3v) is 2.59. The van der Waals surface area contributed by atoms with Crippen molar-refractivity contribution in [3.63, 3.8) is 0 Å². The smallest absolute Gasteiger partial charge is 0.0394 e. The molecule has 0 saturated carbocycles. The molecule has 0 aromatic rings. The van der Waals surface area contributed by atoms with Gasteiger partial charge in [-0.3, -0.25) is 0 Å². The van der Waals surface area contributed by atoms with E-state index in [0.29, 0.717) is 0 Å². The third kappa shape index (κ3) is 6.64. The molecule has 2 atom stereocenters. The molecule has 0 heterocycles. The quantitative estimate of drug-likeness (QED) is 0.654. The third-order valence-electron chi connectivity index (χ3n) is 2.59. The van der Waals surface area contributed by atoms with Gasteiger partial charge in [-0.1, -0.05) is 41.0 Å². The van der Waals surface area contributed by atoms with Gasteiger partial charge in [0.2, 0.25) is 0 Å². The lowest BCUT2D eigenvalue weighted by atomic mass is 9.85. The van der Waals surface area contributed by atoms with Crippen molar-refractivity contribution in [2.75, 3.05) is 0 Å². The van der Waals surface area contributed by atoms with Gasteiger partial charge in [-0.15, -0.1) is 0 Å². The lowest BCUT2D eigenvalue weighted by molar-refractivity contribution is -0.166. The van der Waals surface area contributed by atoms with Gasteiger partial charge in [-0.2, -0.15) is 0 Å². The van der Waals surface area contributed by atoms with Crippen LogP contribution in [-0.2, 0) is 0 Å². The SMILES string of the molecule is CCC(C)C(C)C(C)C.[O-]Cl. The van der Waals surface area contributed by atoms with Gasteiger partial charge in [0.05, 0.1) is 0 Å². The summed E-state index contributed by atoms with van der Waals surface area (Å²) >= 11 is 3.39. The number of halogens is 1. The van der Waals surface area contributed by atoms with Crippen LogP contribution in [0.1, 0.15) is 41.0 Å². The Labute approximate surface area is 75.9 Å². The molecule has 70 valence electrons. The van der Waals surface area contributed by atoms with E-state index in [9.17, 15) is 0 Å². The Morgan fingerprint density at radius 2 is 1.45 bits per heavy atom. The summed E-state index contributed by atoms with van der Waals surface area (Å²) in [5.41, 5.74) is 0. The summed E-state index contributed by atoms with van der Waals surface area (Å²) in [5, 5.41) is 0. The molecule has 0 amide bonds. The molecule has 11 heavy (non-hydrogen) atoms. The first-order valence-electron chi connectivity index (χ1n) is 4.25. The molecule has 0 aliphatic carbocycles. The number of hydrogen-bond acceptors (Lipinski definition) is 1. The van der Waals surface area contributed by atoms with E-state index in [0.717, 1.165) is 17.8 Å². The zero-order valence-corrected chi connectivity index (χ0v) is 8.98. The molecule has 1 nitrogen and oxygen atoms in total. The molecule has 0 fully saturated rings. The average Bonchev–Trinajstić information content (AvgIpc) is 2.05. The zero-order chi connectivity index (χ0) is 9.44. The van der Waals surface area contributed by atoms with E-state index in [4.69, 9.17) is 4.66 Å². The second-order valence-corrected chi connectivity index (χ2v) is 3.49. The van der Waals surface area contributed by atoms with Crippen LogP contribution in [0, 0.1) is 17.8 Å². The molecule has 0 aromatic carbocycles. The topological polar surface area (TPSA) is 23.1 Å². The van der Waals surface area contributed by atoms with Crippen LogP contribution < -0.4 is 4.66 Å². The summed E-state index contributed by atoms with van der Waals surface area (Å²) < 4.78 is 7.72. The van der Waals surface area contributed by atoms with Crippen molar-refractivity contribution in [3.05, 3.63) is 0 Å². The van der Waals surface area contributed by atoms with Crippen molar-refractivity contribution in [2.24, 2.45) is 17.8 Å². The summed E-state index contributed by atoms with van der Waals surface area (Å²) in [5.74, 6) is 2.62. The molecule has 2 heteroatoms. The second kappa shape index (κ2) is 8.35. The molecule has 0 N–H and O–H groups in total. The van der Waals surface area contributed by atoms with E-state index in [2.05, 4.69) is 46.5 Å². The summed E-state index contributed by atoms with van der Waals surface area (Å²) in [7, 11) is 0. The molecule has 0 bridgehead atoms. The molecular formula is C9H20ClO-. The maximum Gasteiger partial charge on any atom is -0.0394 e. The Morgan fingerprint density at radius 1 is 1.09 bits per heavy atom. The Balaban J connectivity index is 0. The molecule has 0 aliphatic rings. The first kappa shape index (κ1) is 13.8. The highest BCUT2D eigenvalue weighted by Crippen LogP contribution is 2.21. The van der Waals surface area contributed by atoms with Gasteiger partial charge in [0.25, 0.3) is 0 Å². The first-order chi connectivity index (χ1) is 5.09. The van der Waals surface area contributed by atoms with Crippen molar-refractivity contribution >= 4 is 11.9 Å². The number of rotatable bonds is 3. The van der Waals surface area contributed by atoms with Crippen molar-refractivity contribution < 1.29 is 4.66 Å². The van der Waals surface area contributed by atoms with Crippen LogP contribution >= 0.6 is 11.9 Å². The maximum atomic E-state index is 7.72. The summed E-state index contributed by atoms with van der Waals surface area (Å²) in [6, 6.07) is 0. The Bertz CT molecular complexity index is 74.0. The molecule has 0 saturated heterocycles. The van der Waals surface area contributed by atoms with Crippen LogP contribution in [0.5, 0.6) is 0 Å². The van der Waals surface area contributed by atoms with Crippen molar-refractivity contribution in [1.29, 1.82) is 0 Å². The molecule has 0 radical (unpaired) electrons. The van der Waals surface area contributed by atoms with Gasteiger partial charge in [-0.05, 0) is 17.8 Å². The van der Waals surface area contributed by atoms with Crippen molar-refractivity contribution in [2.45, 2.75) is 41.0 Å². The summed E-state index contributed by atoms with van der Waals surface area (Å²) in [6.45, 7) is 11.6. The predicted molar refractivity (Wildman–Crippen MR) is 49.3 cm³/mol. The highest BCUT2D eigenvalue weighted by Gasteiger charge is 2.12. The zero-order valence-electron chi connectivity index (χ0n) is 8.23. The number of hydrogen-bond donors (Lipinski definition) is 0. The van der Waals surface area contributed by atoms with Crippen LogP contribution in [0.4, 0.5) is 0 Å². The van der Waals surface area contributed by atoms with Gasteiger partial charge in [0, 0.05) is 0 Å². The van der Waals surface area contributed by atoms with Crippen LogP contribution in [0.2, 0.25) is 0 Å². The van der Waals surface area contributed by atoms with Crippen molar-refractivity contribution in [3.8, 4) is 0 Å². The fourth-order valence-electron chi connectivity index (χ4n) is 1.03. The lowest BCUT2D eigenvalue weighted by Crippen LogP contribution is -2.12. The van der Waals surface area contributed by atoms with E-state index in [-0.39, 0.29) is 0 Å². The fourth-order valence-corrected chi connectivity index (χ4v) is 1.03. The standard InChI is InChI=1S/C9H20.ClO/c1-6-8(4)9(5)7(2)3;1-2/h7-9H,6H2,1-5H3;/q;-1. The summed E-state index contributed by atoms with van der Waals surface area (Å²) in [6.07, 6.45) is 1.32. The normalized spacial score (nSPS) is 15.3. The highest BCUT2D eigenvalue weighted by atomic mass is 35.5. The highest BCUT2D eigenvalue weighted by molar-refractivity contribution is 6.02. The predicted octanol–water partition coefficient (Wildman–Crippen LogP) is 2.83. The molecule has 2 unspecified atom stereocenters. The van der Waals surface area contributed by atoms with Gasteiger partial charge in [0.15, 0.2) is 0 Å². The van der Waals surface area contributed by atoms with Crippen LogP contribution in [0.25, 0.3) is 0 Å². The lowest BCUT2D eigenvalue weighted by Gasteiger charge is -2.21. The van der Waals surface area contributed by atoms with Crippen LogP contribution in [0.15, 0.2) is 0 Å². The average molecular weight is 180 g/mol. The minimum atomic E-state index is 0.847. The molecular weight excluding hydrogens is 160 g/mol. The monoisotopic (exact) mass is 179 g/mol. The van der Waals surface area contributed by atoms with E-state index in [1.54, 1.807) is 0 Å². The van der Waals surface area contributed by atoms with Gasteiger partial charge < -0.3 is 4.66 Å². The molecule has 0 spiro atoms. The minimum Gasteiger partial charge on any atom is -0.769 e. The summed E-state index contributed by atoms with van der Waals surface area (Å²) in [4.78, 5) is 0. The molecule has 0 aliphatic heterocycles. The van der Waals surface area contributed by atoms with E-state index < -0.39 is 0 Å². The molecule has 0 rings (SSSR count). The Kier molecular flexibility index (Phi) is 10.5. The Morgan fingerprint density at radius 3 is 1.55 bits per heavy atom. The molecule has 0 aromatic heterocycles. The van der Waals surface area contributed by atoms with Crippen molar-refractivity contribution in [1.82, 2.24) is 0 Å². The van der Waals surface area contributed by atoms with Crippen LogP contribution in [0.3, 0.4) is 0 Å². The maximum absolute atomic E-state index is 7.72. The van der Waals surface area contributed by atoms with E-state index in [1.807, 2.05) is 0 Å². The van der Waals surface area contributed by atoms with E-state index >= 15 is 0 Å². The van der Waals surface area contributed by atoms with Gasteiger partial charge in [0.1, 0.15) is 0 Å². The second-order valence-electron chi connectivity index (χ2n) is 3.49. The Hall–Kier alpha value is 0.250. The largest absolute Gasteiger partial charge is 0.769 e. The first-order valence-corrected chi connectivity index (χ1v) is 4.55. The minimum absolute atomic E-state index is 0.847. The van der Waals surface area contributed by atoms with Gasteiger partial charge >= 0.3 is 0 Å². The van der Waals surface area contributed by atoms with E-state index in [1.165, 1.54) is 6.42 Å². The fraction of sp³-hybridized carbons (Fsp3) is 1.00. The van der Waals surface area contributed by atoms with Gasteiger partial charge in [-0.25, -0.2) is 11.9 Å². The van der Waals surface area contributed by atoms with Crippen LogP contribution in [-0.4, -0.2) is 0 Å².